The summed E-state index contributed by atoms with van der Waals surface area (Å²) < 4.78 is 17.5. The van der Waals surface area contributed by atoms with E-state index >= 15 is 0 Å². The molecule has 0 saturated heterocycles. The summed E-state index contributed by atoms with van der Waals surface area (Å²) in [6.07, 6.45) is 0.622. The van der Waals surface area contributed by atoms with Crippen molar-refractivity contribution >= 4 is 51.6 Å². The molecule has 0 bridgehead atoms. The fraction of sp³-hybridized carbons (Fsp3) is 0.387. The van der Waals surface area contributed by atoms with Crippen LogP contribution in [0, 0.1) is 3.57 Å². The molecule has 0 radical (unpaired) electrons. The van der Waals surface area contributed by atoms with Gasteiger partial charge in [0, 0.05) is 55.4 Å². The second-order valence-electron chi connectivity index (χ2n) is 10.1. The number of hydrogen-bond acceptors (Lipinski definition) is 8. The molecule has 4 N–H and O–H groups in total. The highest BCUT2D eigenvalue weighted by Gasteiger charge is 2.40. The lowest BCUT2D eigenvalue weighted by Gasteiger charge is -2.40. The maximum absolute atomic E-state index is 13.6. The van der Waals surface area contributed by atoms with Crippen LogP contribution in [0.1, 0.15) is 28.9 Å². The summed E-state index contributed by atoms with van der Waals surface area (Å²) in [6.45, 7) is 0.271. The number of nitrogens with zero attached hydrogens (tertiary/aromatic N) is 1. The molecule has 0 spiro atoms. The molecule has 1 heterocycles. The highest BCUT2D eigenvalue weighted by molar-refractivity contribution is 14.1. The molecule has 230 valence electrons. The monoisotopic (exact) mass is 705 g/mol. The van der Waals surface area contributed by atoms with E-state index in [1.807, 2.05) is 52.9 Å². The number of hydrogen-bond donors (Lipinski definition) is 4. The molecule has 1 aromatic heterocycles. The van der Waals surface area contributed by atoms with Gasteiger partial charge in [0.2, 0.25) is 11.8 Å². The zero-order chi connectivity index (χ0) is 30.9. The number of aldehydes is 1. The van der Waals surface area contributed by atoms with Crippen molar-refractivity contribution in [2.24, 2.45) is 0 Å². The van der Waals surface area contributed by atoms with Crippen molar-refractivity contribution in [3.63, 3.8) is 0 Å². The second-order valence-corrected chi connectivity index (χ2v) is 11.3. The molecule has 2 amide bonds. The van der Waals surface area contributed by atoms with Crippen LogP contribution in [-0.4, -0.2) is 97.0 Å². The Morgan fingerprint density at radius 1 is 1.21 bits per heavy atom. The zero-order valence-corrected chi connectivity index (χ0v) is 26.2. The first-order valence-electron chi connectivity index (χ1n) is 13.9. The van der Waals surface area contributed by atoms with Gasteiger partial charge in [0.15, 0.2) is 11.5 Å². The number of carbonyl (C=O) groups excluding carboxylic acids is 3. The standard InChI is InChI=1S/C31H36IN3O8/c1-41-12-8-28(38)35(10-7-22-15-20-5-3-4-6-24(20)34-22)25-16-21(31(40)33-9-11-36)17-26(29(25)39)43-30-23(32)13-19(18-37)14-27(30)42-2/h3-6,13-15,17-18,25-26,29,34,36,39H,7-12,16H2,1-2H3,(H,33,40)/t25-,26+,29+/m1/s1. The van der Waals surface area contributed by atoms with Gasteiger partial charge in [0.05, 0.1) is 36.4 Å². The molecule has 0 aliphatic heterocycles. The van der Waals surface area contributed by atoms with Gasteiger partial charge in [-0.1, -0.05) is 18.2 Å². The van der Waals surface area contributed by atoms with Gasteiger partial charge < -0.3 is 39.6 Å². The van der Waals surface area contributed by atoms with Gasteiger partial charge in [-0.3, -0.25) is 14.4 Å². The van der Waals surface area contributed by atoms with Gasteiger partial charge in [-0.2, -0.15) is 0 Å². The van der Waals surface area contributed by atoms with Crippen LogP contribution in [0.5, 0.6) is 11.5 Å². The molecule has 2 aromatic carbocycles. The summed E-state index contributed by atoms with van der Waals surface area (Å²) >= 11 is 2.01. The lowest BCUT2D eigenvalue weighted by molar-refractivity contribution is -0.139. The van der Waals surface area contributed by atoms with Crippen LogP contribution in [0.25, 0.3) is 10.9 Å². The molecule has 3 aromatic rings. The van der Waals surface area contributed by atoms with Crippen LogP contribution in [-0.2, 0) is 20.7 Å². The number of amides is 2. The van der Waals surface area contributed by atoms with Gasteiger partial charge >= 0.3 is 0 Å². The number of aromatic amines is 1. The number of aliphatic hydroxyl groups excluding tert-OH is 2. The van der Waals surface area contributed by atoms with E-state index in [1.54, 1.807) is 11.0 Å². The minimum absolute atomic E-state index is 0.0463. The maximum Gasteiger partial charge on any atom is 0.247 e. The summed E-state index contributed by atoms with van der Waals surface area (Å²) in [7, 11) is 2.95. The Morgan fingerprint density at radius 3 is 2.70 bits per heavy atom. The normalized spacial score (nSPS) is 18.2. The third-order valence-electron chi connectivity index (χ3n) is 7.30. The number of methoxy groups -OCH3 is 2. The first-order chi connectivity index (χ1) is 20.8. The number of ether oxygens (including phenoxy) is 3. The van der Waals surface area contributed by atoms with E-state index in [4.69, 9.17) is 14.2 Å². The highest BCUT2D eigenvalue weighted by Crippen LogP contribution is 2.37. The topological polar surface area (TPSA) is 150 Å². The predicted octanol–water partition coefficient (Wildman–Crippen LogP) is 2.62. The first-order valence-corrected chi connectivity index (χ1v) is 15.0. The zero-order valence-electron chi connectivity index (χ0n) is 24.0. The van der Waals surface area contributed by atoms with Crippen molar-refractivity contribution in [3.05, 3.63) is 68.9 Å². The minimum Gasteiger partial charge on any atom is -0.493 e. The van der Waals surface area contributed by atoms with E-state index in [1.165, 1.54) is 26.4 Å². The number of rotatable bonds is 14. The number of aromatic nitrogens is 1. The van der Waals surface area contributed by atoms with Crippen molar-refractivity contribution in [3.8, 4) is 11.5 Å². The smallest absolute Gasteiger partial charge is 0.247 e. The molecule has 0 unspecified atom stereocenters. The first kappa shape index (κ1) is 32.5. The number of para-hydroxylation sites is 1. The van der Waals surface area contributed by atoms with Crippen molar-refractivity contribution in [1.82, 2.24) is 15.2 Å². The van der Waals surface area contributed by atoms with Gasteiger partial charge in [-0.05, 0) is 58.3 Å². The average molecular weight is 706 g/mol. The molecule has 43 heavy (non-hydrogen) atoms. The Bertz CT molecular complexity index is 1440. The van der Waals surface area contributed by atoms with Crippen LogP contribution < -0.4 is 14.8 Å². The Morgan fingerprint density at radius 2 is 2.00 bits per heavy atom. The fourth-order valence-electron chi connectivity index (χ4n) is 5.16. The SMILES string of the molecule is COCCC(=O)N(CCc1cc2ccccc2[nH]1)[C@@H]1CC(C(=O)NCCO)=C[C@H](Oc2c(I)cc(C=O)cc2OC)[C@H]1O. The summed E-state index contributed by atoms with van der Waals surface area (Å²) in [4.78, 5) is 43.0. The van der Waals surface area contributed by atoms with E-state index in [2.05, 4.69) is 10.3 Å². The molecule has 0 fully saturated rings. The van der Waals surface area contributed by atoms with Gasteiger partial charge in [-0.15, -0.1) is 0 Å². The van der Waals surface area contributed by atoms with Gasteiger partial charge in [-0.25, -0.2) is 0 Å². The quantitative estimate of drug-likeness (QED) is 0.148. The summed E-state index contributed by atoms with van der Waals surface area (Å²) in [5, 5.41) is 24.7. The van der Waals surface area contributed by atoms with Crippen molar-refractivity contribution in [2.75, 3.05) is 40.5 Å². The molecule has 3 atom stereocenters. The fourth-order valence-corrected chi connectivity index (χ4v) is 5.91. The Kier molecular flexibility index (Phi) is 11.6. The molecular weight excluding hydrogens is 669 g/mol. The number of halogens is 1. The molecule has 11 nitrogen and oxygen atoms in total. The van der Waals surface area contributed by atoms with Crippen molar-refractivity contribution in [1.29, 1.82) is 0 Å². The van der Waals surface area contributed by atoms with E-state index < -0.39 is 24.2 Å². The van der Waals surface area contributed by atoms with Gasteiger partial charge in [0.25, 0.3) is 0 Å². The molecular formula is C31H36IN3O8. The maximum atomic E-state index is 13.6. The van der Waals surface area contributed by atoms with Crippen LogP contribution >= 0.6 is 22.6 Å². The molecule has 1 aliphatic carbocycles. The largest absolute Gasteiger partial charge is 0.493 e. The predicted molar refractivity (Wildman–Crippen MR) is 168 cm³/mol. The second kappa shape index (κ2) is 15.3. The lowest BCUT2D eigenvalue weighted by Crippen LogP contribution is -2.55. The van der Waals surface area contributed by atoms with Crippen molar-refractivity contribution in [2.45, 2.75) is 37.5 Å². The number of aliphatic hydroxyl groups is 2. The number of fused-ring (bicyclic) bond motifs is 1. The van der Waals surface area contributed by atoms with E-state index in [0.29, 0.717) is 33.2 Å². The van der Waals surface area contributed by atoms with Crippen LogP contribution in [0.4, 0.5) is 0 Å². The summed E-state index contributed by atoms with van der Waals surface area (Å²) in [5.41, 5.74) is 2.61. The number of carbonyl (C=O) groups is 3. The minimum atomic E-state index is -1.21. The number of benzene rings is 2. The number of H-pyrrole nitrogens is 1. The van der Waals surface area contributed by atoms with Crippen LogP contribution in [0.2, 0.25) is 0 Å². The molecule has 12 heteroatoms. The third-order valence-corrected chi connectivity index (χ3v) is 8.11. The van der Waals surface area contributed by atoms with Crippen LogP contribution in [0.15, 0.2) is 54.1 Å². The Hall–Kier alpha value is -3.46. The van der Waals surface area contributed by atoms with E-state index in [9.17, 15) is 24.6 Å². The van der Waals surface area contributed by atoms with E-state index in [0.717, 1.165) is 16.6 Å². The highest BCUT2D eigenvalue weighted by atomic mass is 127. The Labute approximate surface area is 263 Å². The average Bonchev–Trinajstić information content (AvgIpc) is 3.44. The summed E-state index contributed by atoms with van der Waals surface area (Å²) in [5.74, 6) is -0.0901. The van der Waals surface area contributed by atoms with Gasteiger partial charge in [0.1, 0.15) is 18.5 Å². The van der Waals surface area contributed by atoms with Crippen molar-refractivity contribution < 1.29 is 38.8 Å². The lowest BCUT2D eigenvalue weighted by atomic mass is 9.87. The molecule has 4 rings (SSSR count). The molecule has 1 aliphatic rings. The number of nitrogens with one attached hydrogen (secondary N) is 2. The Balaban J connectivity index is 1.68. The molecule has 0 saturated carbocycles. The van der Waals surface area contributed by atoms with Crippen LogP contribution in [0.3, 0.4) is 0 Å². The van der Waals surface area contributed by atoms with E-state index in [-0.39, 0.29) is 50.8 Å². The third kappa shape index (κ3) is 7.93. The summed E-state index contributed by atoms with van der Waals surface area (Å²) in [6, 6.07) is 12.2.